The Hall–Kier alpha value is -7.71. The van der Waals surface area contributed by atoms with Crippen molar-refractivity contribution >= 4 is 65.0 Å². The molecule has 2 aromatic rings. The first-order chi connectivity index (χ1) is 42.8. The van der Waals surface area contributed by atoms with Gasteiger partial charge in [-0.15, -0.1) is 0 Å². The molecule has 0 radical (unpaired) electrons. The van der Waals surface area contributed by atoms with Crippen LogP contribution in [0.5, 0.6) is 5.75 Å². The first-order valence-electron chi connectivity index (χ1n) is 30.8. The zero-order chi connectivity index (χ0) is 67.0. The van der Waals surface area contributed by atoms with Gasteiger partial charge in [0, 0.05) is 31.1 Å². The van der Waals surface area contributed by atoms with Gasteiger partial charge < -0.3 is 102 Å². The Bertz CT molecular complexity index is 2650. The van der Waals surface area contributed by atoms with Crippen LogP contribution in [0.1, 0.15) is 115 Å². The molecule has 0 aromatic heterocycles. The van der Waals surface area contributed by atoms with Crippen molar-refractivity contribution in [1.29, 1.82) is 0 Å². The highest BCUT2D eigenvalue weighted by atomic mass is 16.5. The van der Waals surface area contributed by atoms with Gasteiger partial charge in [-0.05, 0) is 134 Å². The molecule has 1 fully saturated rings. The second-order valence-corrected chi connectivity index (χ2v) is 22.9. The highest BCUT2D eigenvalue weighted by molar-refractivity contribution is 6.00. The van der Waals surface area contributed by atoms with Crippen molar-refractivity contribution in [3.8, 4) is 5.75 Å². The van der Waals surface area contributed by atoms with E-state index in [1.54, 1.807) is 37.3 Å². The Morgan fingerprint density at radius 3 is 1.66 bits per heavy atom. The lowest BCUT2D eigenvalue weighted by molar-refractivity contribution is -0.138. The summed E-state index contributed by atoms with van der Waals surface area (Å²) in [4.78, 5) is 153. The fourth-order valence-electron chi connectivity index (χ4n) is 9.64. The third-order valence-corrected chi connectivity index (χ3v) is 14.7. The summed E-state index contributed by atoms with van der Waals surface area (Å²) in [5, 5.41) is 51.0. The van der Waals surface area contributed by atoms with Gasteiger partial charge in [-0.3, -0.25) is 52.7 Å². The number of aliphatic hydroxyl groups is 2. The number of rotatable bonds is 28. The van der Waals surface area contributed by atoms with Crippen molar-refractivity contribution in [2.24, 2.45) is 40.5 Å². The summed E-state index contributed by atoms with van der Waals surface area (Å²) in [5.41, 5.74) is 30.3. The molecule has 13 atom stereocenters. The highest BCUT2D eigenvalue weighted by Gasteiger charge is 2.37. The molecule has 1 saturated heterocycles. The van der Waals surface area contributed by atoms with Crippen molar-refractivity contribution in [3.63, 3.8) is 0 Å². The maximum Gasteiger partial charge on any atom is 0.314 e. The van der Waals surface area contributed by atoms with Crippen LogP contribution in [0.2, 0.25) is 0 Å². The summed E-state index contributed by atoms with van der Waals surface area (Å²) >= 11 is 0. The molecular formula is C60H98N16O14. The maximum absolute atomic E-state index is 14.5. The smallest absolute Gasteiger partial charge is 0.314 e. The lowest BCUT2D eigenvalue weighted by Gasteiger charge is -2.29. The van der Waals surface area contributed by atoms with Crippen molar-refractivity contribution in [1.82, 2.24) is 58.5 Å². The summed E-state index contributed by atoms with van der Waals surface area (Å²) in [6, 6.07) is 0.763. The highest BCUT2D eigenvalue weighted by Crippen LogP contribution is 2.17. The van der Waals surface area contributed by atoms with Gasteiger partial charge >= 0.3 is 5.97 Å². The fourth-order valence-corrected chi connectivity index (χ4v) is 9.64. The average Bonchev–Trinajstić information content (AvgIpc) is 2.01. The number of amides is 10. The fraction of sp³-hybridized carbons (Fsp3) is 0.617. The van der Waals surface area contributed by atoms with Gasteiger partial charge in [-0.2, -0.15) is 0 Å². The van der Waals surface area contributed by atoms with Crippen molar-refractivity contribution in [2.75, 3.05) is 45.8 Å². The molecule has 30 heteroatoms. The number of carbonyl (C=O) groups is 11. The zero-order valence-corrected chi connectivity index (χ0v) is 52.5. The summed E-state index contributed by atoms with van der Waals surface area (Å²) in [6.07, 6.45) is -2.38. The normalized spacial score (nSPS) is 22.2. The minimum Gasteiger partial charge on any atom is -0.426 e. The summed E-state index contributed by atoms with van der Waals surface area (Å²) < 4.78 is 5.42. The molecule has 0 aliphatic carbocycles. The number of hydrogen-bond donors (Lipinski definition) is 18. The van der Waals surface area contributed by atoms with Crippen LogP contribution in [0.3, 0.4) is 0 Å². The Labute approximate surface area is 525 Å². The van der Waals surface area contributed by atoms with E-state index in [0.717, 1.165) is 6.42 Å². The van der Waals surface area contributed by atoms with Crippen molar-refractivity contribution in [2.45, 2.75) is 178 Å². The molecule has 23 N–H and O–H groups in total. The molecule has 0 spiro atoms. The first-order valence-corrected chi connectivity index (χ1v) is 30.8. The standard InChI is InChI=1S/C60H98N16O14/c1-7-11-34(4)60(89)90-40-16-14-38(15-17-40)50(79)69-44(21-27-64)54(83)76-49(36(6)78)59(88)72-42(19-25-62)52(81)68-39-23-29-66-58(87)48(35(5)77)75-55(84)45(22-28-65)70-53(82)43(20-26-63)71-56(85)46(30-33(2)3)73-57(86)47(31-37-12-9-8-10-13-37)74-51(80)41(18-24-61)67-32-39/h8-10,12-17,33-36,39,41-49,67,77-78H,7,11,18-32,61-65H2,1-6H3,(H,66,87)(H,68,81)(H,69,79)(H,70,82)(H,71,85)(H,72,88)(H,73,86)(H,74,80)(H,75,84)(H,76,83)/t34?,35-,36?,39-,41-,42-,43-,44-,45-,46-,47+,48-,49-/m0/s1. The molecule has 10 amide bonds. The first kappa shape index (κ1) is 76.5. The summed E-state index contributed by atoms with van der Waals surface area (Å²) in [6.45, 7) is 8.70. The van der Waals surface area contributed by atoms with Crippen LogP contribution in [0, 0.1) is 11.8 Å². The molecule has 1 aliphatic rings. The minimum absolute atomic E-state index is 0.0225. The zero-order valence-electron chi connectivity index (χ0n) is 52.5. The number of carbonyl (C=O) groups excluding carboxylic acids is 11. The molecular weight excluding hydrogens is 1170 g/mol. The van der Waals surface area contributed by atoms with Crippen molar-refractivity contribution in [3.05, 3.63) is 65.7 Å². The Balaban J connectivity index is 2.01. The van der Waals surface area contributed by atoms with E-state index < -0.39 is 138 Å². The van der Waals surface area contributed by atoms with E-state index in [2.05, 4.69) is 58.5 Å². The van der Waals surface area contributed by atoms with Gasteiger partial charge in [0.05, 0.1) is 24.2 Å². The SMILES string of the molecule is CCCC(C)C(=O)Oc1ccc(C(=O)N[C@@H](CCN)C(=O)N[C@H](C(=O)N[C@@H](CCN)C(=O)N[C@H]2CCNC(=O)[C@H]([C@H](C)O)NC(=O)[C@H](CCN)NC(=O)[C@H](CCN)NC(=O)[C@H](CC(C)C)NC(=O)[C@@H](Cc3ccccc3)NC(=O)[C@H](CCN)NC2)C(C)O)cc1. The molecule has 0 saturated carbocycles. The number of benzene rings is 2. The molecule has 90 heavy (non-hydrogen) atoms. The van der Waals surface area contributed by atoms with E-state index in [1.807, 2.05) is 20.8 Å². The van der Waals surface area contributed by atoms with E-state index >= 15 is 0 Å². The number of nitrogens with two attached hydrogens (primary N) is 5. The van der Waals surface area contributed by atoms with Gasteiger partial charge in [-0.1, -0.05) is 64.4 Å². The average molecular weight is 1270 g/mol. The van der Waals surface area contributed by atoms with E-state index in [0.29, 0.717) is 12.0 Å². The second kappa shape index (κ2) is 40.1. The summed E-state index contributed by atoms with van der Waals surface area (Å²) in [5.74, 6) is -9.15. The number of nitrogens with one attached hydrogen (secondary N) is 11. The largest absolute Gasteiger partial charge is 0.426 e. The lowest BCUT2D eigenvalue weighted by atomic mass is 10.00. The van der Waals surface area contributed by atoms with Gasteiger partial charge in [-0.25, -0.2) is 0 Å². The molecule has 2 unspecified atom stereocenters. The van der Waals surface area contributed by atoms with E-state index in [9.17, 15) is 63.0 Å². The summed E-state index contributed by atoms with van der Waals surface area (Å²) in [7, 11) is 0. The van der Waals surface area contributed by atoms with E-state index in [-0.39, 0.29) is 120 Å². The predicted octanol–water partition coefficient (Wildman–Crippen LogP) is -4.72. The van der Waals surface area contributed by atoms with Crippen LogP contribution < -0.4 is 91.9 Å². The van der Waals surface area contributed by atoms with Crippen LogP contribution in [-0.4, -0.2) is 194 Å². The van der Waals surface area contributed by atoms with Crippen LogP contribution in [0.4, 0.5) is 0 Å². The molecule has 502 valence electrons. The Morgan fingerprint density at radius 2 is 1.11 bits per heavy atom. The van der Waals surface area contributed by atoms with Gasteiger partial charge in [0.25, 0.3) is 5.91 Å². The quantitative estimate of drug-likeness (QED) is 0.0281. The van der Waals surface area contributed by atoms with Crippen molar-refractivity contribution < 1.29 is 67.7 Å². The second-order valence-electron chi connectivity index (χ2n) is 22.9. The molecule has 0 bridgehead atoms. The number of hydrogen-bond acceptors (Lipinski definition) is 20. The van der Waals surface area contributed by atoms with Crippen LogP contribution in [0.15, 0.2) is 54.6 Å². The lowest BCUT2D eigenvalue weighted by Crippen LogP contribution is -2.61. The monoisotopic (exact) mass is 1270 g/mol. The van der Waals surface area contributed by atoms with Gasteiger partial charge in [0.15, 0.2) is 0 Å². The van der Waals surface area contributed by atoms with Gasteiger partial charge in [0.2, 0.25) is 53.2 Å². The number of aliphatic hydroxyl groups excluding tert-OH is 2. The number of esters is 1. The molecule has 30 nitrogen and oxygen atoms in total. The molecule has 3 rings (SSSR count). The molecule has 1 heterocycles. The van der Waals surface area contributed by atoms with Gasteiger partial charge in [0.1, 0.15) is 54.1 Å². The maximum atomic E-state index is 14.5. The topological polar surface area (TPSA) is 500 Å². The predicted molar refractivity (Wildman–Crippen MR) is 334 cm³/mol. The Morgan fingerprint density at radius 1 is 0.589 bits per heavy atom. The third-order valence-electron chi connectivity index (χ3n) is 14.7. The number of ether oxygens (including phenoxy) is 1. The van der Waals surface area contributed by atoms with E-state index in [1.165, 1.54) is 38.1 Å². The van der Waals surface area contributed by atoms with Crippen LogP contribution in [-0.2, 0) is 54.4 Å². The van der Waals surface area contributed by atoms with E-state index in [4.69, 9.17) is 33.4 Å². The van der Waals surface area contributed by atoms with Crippen LogP contribution >= 0.6 is 0 Å². The molecule has 1 aliphatic heterocycles. The molecule has 2 aromatic carbocycles. The Kier molecular flexibility index (Phi) is 34.1. The van der Waals surface area contributed by atoms with Crippen LogP contribution in [0.25, 0.3) is 0 Å². The minimum atomic E-state index is -1.72. The third kappa shape index (κ3) is 26.0.